The molecule has 0 saturated carbocycles. The molecule has 2 aliphatic rings. The fraction of sp³-hybridized carbons (Fsp3) is 0.160. The van der Waals surface area contributed by atoms with Crippen molar-refractivity contribution in [3.63, 3.8) is 0 Å². The molecule has 2 aliphatic heterocycles. The van der Waals surface area contributed by atoms with Gasteiger partial charge in [0.05, 0.1) is 23.0 Å². The number of aromatic carboxylic acids is 1. The van der Waals surface area contributed by atoms with E-state index in [-0.39, 0.29) is 11.5 Å². The molecule has 1 N–H and O–H groups in total. The second-order valence-electron chi connectivity index (χ2n) is 7.88. The zero-order valence-electron chi connectivity index (χ0n) is 17.2. The lowest BCUT2D eigenvalue weighted by Gasteiger charge is -2.29. The highest BCUT2D eigenvalue weighted by molar-refractivity contribution is 6.24. The van der Waals surface area contributed by atoms with Crippen molar-refractivity contribution < 1.29 is 24.3 Å². The van der Waals surface area contributed by atoms with Crippen LogP contribution >= 0.6 is 0 Å². The molecular formula is C25H20N2O5. The summed E-state index contributed by atoms with van der Waals surface area (Å²) in [6, 6.07) is 22.4. The SMILES string of the molecule is Cc1ccccc1[C@@H]1[C@@H]2C(=O)N(c3ccc(C(=O)O)cc3)C(=O)[C@@H]2ON1c1ccccc1. The molecule has 2 heterocycles. The quantitative estimate of drug-likeness (QED) is 0.637. The van der Waals surface area contributed by atoms with Gasteiger partial charge in [-0.25, -0.2) is 14.8 Å². The number of benzene rings is 3. The summed E-state index contributed by atoms with van der Waals surface area (Å²) in [5, 5.41) is 10.8. The number of anilines is 2. The fourth-order valence-corrected chi connectivity index (χ4v) is 4.46. The van der Waals surface area contributed by atoms with Crippen LogP contribution in [0.25, 0.3) is 0 Å². The van der Waals surface area contributed by atoms with Crippen LogP contribution in [0, 0.1) is 12.8 Å². The van der Waals surface area contributed by atoms with E-state index in [9.17, 15) is 14.4 Å². The number of aryl methyl sites for hydroxylation is 1. The van der Waals surface area contributed by atoms with Crippen LogP contribution in [-0.2, 0) is 14.4 Å². The zero-order valence-corrected chi connectivity index (χ0v) is 17.2. The van der Waals surface area contributed by atoms with Gasteiger partial charge in [0.25, 0.3) is 5.91 Å². The van der Waals surface area contributed by atoms with Crippen LogP contribution in [0.1, 0.15) is 27.5 Å². The Balaban J connectivity index is 1.57. The molecule has 5 rings (SSSR count). The molecule has 2 saturated heterocycles. The van der Waals surface area contributed by atoms with E-state index in [0.29, 0.717) is 5.69 Å². The van der Waals surface area contributed by atoms with Crippen molar-refractivity contribution in [1.29, 1.82) is 0 Å². The lowest BCUT2D eigenvalue weighted by Crippen LogP contribution is -2.37. The standard InChI is InChI=1S/C25H20N2O5/c1-15-7-5-6-10-19(15)21-20-22(32-27(21)18-8-3-2-4-9-18)24(29)26(23(20)28)17-13-11-16(12-14-17)25(30)31/h2-14,20-22H,1H3,(H,30,31)/t20-,21+,22+/m0/s1. The number of hydrogen-bond donors (Lipinski definition) is 1. The summed E-state index contributed by atoms with van der Waals surface area (Å²) in [7, 11) is 0. The average molecular weight is 428 g/mol. The maximum Gasteiger partial charge on any atom is 0.335 e. The number of para-hydroxylation sites is 1. The Kier molecular flexibility index (Phi) is 4.75. The fourth-order valence-electron chi connectivity index (χ4n) is 4.46. The molecule has 160 valence electrons. The van der Waals surface area contributed by atoms with Crippen molar-refractivity contribution in [2.75, 3.05) is 9.96 Å². The molecule has 0 aromatic heterocycles. The van der Waals surface area contributed by atoms with E-state index < -0.39 is 29.9 Å². The minimum absolute atomic E-state index is 0.0809. The van der Waals surface area contributed by atoms with Gasteiger partial charge in [0.1, 0.15) is 5.92 Å². The molecule has 7 heteroatoms. The molecule has 0 radical (unpaired) electrons. The van der Waals surface area contributed by atoms with Crippen LogP contribution in [-0.4, -0.2) is 29.0 Å². The van der Waals surface area contributed by atoms with Crippen LogP contribution in [0.5, 0.6) is 0 Å². The molecule has 7 nitrogen and oxygen atoms in total. The van der Waals surface area contributed by atoms with Crippen molar-refractivity contribution in [3.8, 4) is 0 Å². The van der Waals surface area contributed by atoms with Gasteiger partial charge in [-0.05, 0) is 54.4 Å². The average Bonchev–Trinajstić information content (AvgIpc) is 3.31. The highest BCUT2D eigenvalue weighted by Crippen LogP contribution is 2.48. The van der Waals surface area contributed by atoms with E-state index in [2.05, 4.69) is 0 Å². The summed E-state index contributed by atoms with van der Waals surface area (Å²) in [5.41, 5.74) is 3.07. The highest BCUT2D eigenvalue weighted by Gasteiger charge is 2.60. The topological polar surface area (TPSA) is 87.2 Å². The predicted molar refractivity (Wildman–Crippen MR) is 117 cm³/mol. The number of amides is 2. The Morgan fingerprint density at radius 2 is 1.50 bits per heavy atom. The summed E-state index contributed by atoms with van der Waals surface area (Å²) in [5.74, 6) is -2.63. The Morgan fingerprint density at radius 1 is 0.844 bits per heavy atom. The Labute approximate surface area is 184 Å². The van der Waals surface area contributed by atoms with Gasteiger partial charge >= 0.3 is 5.97 Å². The summed E-state index contributed by atoms with van der Waals surface area (Å²) in [4.78, 5) is 45.2. The summed E-state index contributed by atoms with van der Waals surface area (Å²) < 4.78 is 0. The maximum absolute atomic E-state index is 13.6. The molecule has 0 aliphatic carbocycles. The number of imide groups is 1. The molecule has 3 aromatic rings. The highest BCUT2D eigenvalue weighted by atomic mass is 16.7. The first kappa shape index (κ1) is 20.0. The molecule has 0 spiro atoms. The lowest BCUT2D eigenvalue weighted by atomic mass is 9.88. The number of carbonyl (C=O) groups excluding carboxylic acids is 2. The van der Waals surface area contributed by atoms with Crippen molar-refractivity contribution in [2.24, 2.45) is 5.92 Å². The maximum atomic E-state index is 13.6. The number of rotatable bonds is 4. The van der Waals surface area contributed by atoms with Crippen molar-refractivity contribution in [2.45, 2.75) is 19.1 Å². The third kappa shape index (κ3) is 3.06. The number of nitrogens with zero attached hydrogens (tertiary/aromatic N) is 2. The number of carbonyl (C=O) groups is 3. The van der Waals surface area contributed by atoms with E-state index in [1.54, 1.807) is 5.06 Å². The van der Waals surface area contributed by atoms with Crippen molar-refractivity contribution >= 4 is 29.2 Å². The molecule has 0 bridgehead atoms. The van der Waals surface area contributed by atoms with Crippen LogP contribution in [0.3, 0.4) is 0 Å². The predicted octanol–water partition coefficient (Wildman–Crippen LogP) is 3.74. The van der Waals surface area contributed by atoms with Gasteiger partial charge in [-0.1, -0.05) is 42.5 Å². The normalized spacial score (nSPS) is 22.3. The third-order valence-corrected chi connectivity index (χ3v) is 6.01. The summed E-state index contributed by atoms with van der Waals surface area (Å²) in [6.07, 6.45) is -0.966. The Morgan fingerprint density at radius 3 is 2.16 bits per heavy atom. The van der Waals surface area contributed by atoms with E-state index >= 15 is 0 Å². The van der Waals surface area contributed by atoms with E-state index in [4.69, 9.17) is 9.94 Å². The van der Waals surface area contributed by atoms with Crippen LogP contribution < -0.4 is 9.96 Å². The molecule has 2 fully saturated rings. The minimum Gasteiger partial charge on any atom is -0.478 e. The van der Waals surface area contributed by atoms with E-state index in [1.807, 2.05) is 61.5 Å². The summed E-state index contributed by atoms with van der Waals surface area (Å²) >= 11 is 0. The first-order valence-electron chi connectivity index (χ1n) is 10.2. The van der Waals surface area contributed by atoms with Gasteiger partial charge in [-0.15, -0.1) is 0 Å². The van der Waals surface area contributed by atoms with E-state index in [0.717, 1.165) is 21.7 Å². The van der Waals surface area contributed by atoms with E-state index in [1.165, 1.54) is 24.3 Å². The molecule has 2 amide bonds. The van der Waals surface area contributed by atoms with Gasteiger partial charge < -0.3 is 5.11 Å². The number of fused-ring (bicyclic) bond motifs is 1. The first-order chi connectivity index (χ1) is 15.5. The first-order valence-corrected chi connectivity index (χ1v) is 10.2. The largest absolute Gasteiger partial charge is 0.478 e. The zero-order chi connectivity index (χ0) is 22.4. The molecular weight excluding hydrogens is 408 g/mol. The van der Waals surface area contributed by atoms with Crippen LogP contribution in [0.15, 0.2) is 78.9 Å². The van der Waals surface area contributed by atoms with Gasteiger partial charge in [0, 0.05) is 0 Å². The number of carboxylic acid groups (broad SMARTS) is 1. The number of hydrogen-bond acceptors (Lipinski definition) is 5. The van der Waals surface area contributed by atoms with Gasteiger partial charge in [0.2, 0.25) is 5.91 Å². The molecule has 0 unspecified atom stereocenters. The second-order valence-corrected chi connectivity index (χ2v) is 7.88. The second kappa shape index (κ2) is 7.62. The third-order valence-electron chi connectivity index (χ3n) is 6.01. The molecule has 3 atom stereocenters. The van der Waals surface area contributed by atoms with Crippen molar-refractivity contribution in [1.82, 2.24) is 0 Å². The van der Waals surface area contributed by atoms with Crippen molar-refractivity contribution in [3.05, 3.63) is 95.6 Å². The number of carboxylic acids is 1. The monoisotopic (exact) mass is 428 g/mol. The molecule has 3 aromatic carbocycles. The molecule has 32 heavy (non-hydrogen) atoms. The van der Waals surface area contributed by atoms with Gasteiger partial charge in [-0.3, -0.25) is 14.4 Å². The van der Waals surface area contributed by atoms with Crippen LogP contribution in [0.4, 0.5) is 11.4 Å². The Bertz CT molecular complexity index is 1210. The van der Waals surface area contributed by atoms with Gasteiger partial charge in [-0.2, -0.15) is 0 Å². The minimum atomic E-state index is -1.08. The van der Waals surface area contributed by atoms with Crippen LogP contribution in [0.2, 0.25) is 0 Å². The lowest BCUT2D eigenvalue weighted by molar-refractivity contribution is -0.126. The summed E-state index contributed by atoms with van der Waals surface area (Å²) in [6.45, 7) is 1.97. The Hall–Kier alpha value is -3.97. The van der Waals surface area contributed by atoms with Gasteiger partial charge in [0.15, 0.2) is 6.10 Å². The number of hydroxylamine groups is 1. The smallest absolute Gasteiger partial charge is 0.335 e.